The molecule has 0 heterocycles. The van der Waals surface area contributed by atoms with E-state index in [0.29, 0.717) is 11.8 Å². The topological polar surface area (TPSA) is 58.4 Å². The van der Waals surface area contributed by atoms with Crippen molar-refractivity contribution in [1.82, 2.24) is 10.2 Å². The molecule has 1 unspecified atom stereocenters. The van der Waals surface area contributed by atoms with Crippen LogP contribution in [0.25, 0.3) is 0 Å². The van der Waals surface area contributed by atoms with E-state index in [0.717, 1.165) is 38.8 Å². The van der Waals surface area contributed by atoms with E-state index in [1.54, 1.807) is 0 Å². The van der Waals surface area contributed by atoms with Crippen LogP contribution < -0.4 is 11.1 Å². The van der Waals surface area contributed by atoms with Crippen molar-refractivity contribution in [2.75, 3.05) is 27.2 Å². The number of carbonyl (C=O) groups excluding carboxylic acids is 1. The van der Waals surface area contributed by atoms with Crippen molar-refractivity contribution < 1.29 is 4.79 Å². The lowest BCUT2D eigenvalue weighted by Gasteiger charge is -2.31. The Bertz CT molecular complexity index is 271. The maximum Gasteiger partial charge on any atom is 0.223 e. The Hall–Kier alpha value is -0.610. The van der Waals surface area contributed by atoms with Gasteiger partial charge < -0.3 is 16.0 Å². The highest BCUT2D eigenvalue weighted by molar-refractivity contribution is 5.79. The van der Waals surface area contributed by atoms with Crippen molar-refractivity contribution in [2.45, 2.75) is 45.6 Å². The van der Waals surface area contributed by atoms with Gasteiger partial charge in [-0.15, -0.1) is 0 Å². The van der Waals surface area contributed by atoms with Gasteiger partial charge in [0.15, 0.2) is 0 Å². The highest BCUT2D eigenvalue weighted by Gasteiger charge is 2.27. The summed E-state index contributed by atoms with van der Waals surface area (Å²) in [6, 6.07) is 0.245. The molecule has 0 aliphatic heterocycles. The third kappa shape index (κ3) is 5.49. The molecule has 1 amide bonds. The lowest BCUT2D eigenvalue weighted by molar-refractivity contribution is -0.127. The summed E-state index contributed by atoms with van der Waals surface area (Å²) in [6.07, 6.45) is 4.21. The summed E-state index contributed by atoms with van der Waals surface area (Å²) in [4.78, 5) is 14.5. The summed E-state index contributed by atoms with van der Waals surface area (Å²) < 4.78 is 0. The minimum atomic E-state index is 0.200. The van der Waals surface area contributed by atoms with E-state index in [4.69, 9.17) is 5.73 Å². The van der Waals surface area contributed by atoms with Gasteiger partial charge in [0, 0.05) is 18.5 Å². The molecule has 0 aromatic carbocycles. The van der Waals surface area contributed by atoms with Crippen LogP contribution in [0.5, 0.6) is 0 Å². The van der Waals surface area contributed by atoms with Gasteiger partial charge in [0.2, 0.25) is 5.91 Å². The molecule has 1 aliphatic rings. The van der Waals surface area contributed by atoms with E-state index in [1.807, 2.05) is 14.1 Å². The van der Waals surface area contributed by atoms with Gasteiger partial charge in [-0.2, -0.15) is 0 Å². The fourth-order valence-electron chi connectivity index (χ4n) is 2.78. The molecule has 0 saturated heterocycles. The average Bonchev–Trinajstić information content (AvgIpc) is 2.37. The average molecular weight is 269 g/mol. The molecule has 0 radical (unpaired) electrons. The van der Waals surface area contributed by atoms with Crippen LogP contribution in [0.15, 0.2) is 0 Å². The van der Waals surface area contributed by atoms with E-state index in [2.05, 4.69) is 24.1 Å². The van der Waals surface area contributed by atoms with E-state index in [9.17, 15) is 4.79 Å². The van der Waals surface area contributed by atoms with Gasteiger partial charge in [-0.05, 0) is 58.2 Å². The minimum absolute atomic E-state index is 0.200. The van der Waals surface area contributed by atoms with Gasteiger partial charge in [-0.25, -0.2) is 0 Å². The first-order valence-electron chi connectivity index (χ1n) is 7.59. The van der Waals surface area contributed by atoms with Crippen LogP contribution in [0.2, 0.25) is 0 Å². The number of amides is 1. The molecule has 0 spiro atoms. The van der Waals surface area contributed by atoms with Crippen LogP contribution in [-0.2, 0) is 4.79 Å². The molecular weight excluding hydrogens is 238 g/mol. The molecule has 3 N–H and O–H groups in total. The predicted octanol–water partition coefficient (Wildman–Crippen LogP) is 1.45. The number of likely N-dealkylation sites (N-methyl/N-ethyl adjacent to an activating group) is 1. The Morgan fingerprint density at radius 3 is 2.26 bits per heavy atom. The van der Waals surface area contributed by atoms with Crippen LogP contribution in [0.4, 0.5) is 0 Å². The van der Waals surface area contributed by atoms with Crippen LogP contribution >= 0.6 is 0 Å². The molecule has 0 aromatic rings. The standard InChI is InChI=1S/C15H31N3O/c1-11(2)14(10-18(3)4)17-15(19)13-7-5-12(9-16)6-8-13/h11-14H,5-10,16H2,1-4H3,(H,17,19). The molecule has 112 valence electrons. The molecule has 0 aromatic heterocycles. The maximum absolute atomic E-state index is 12.3. The minimum Gasteiger partial charge on any atom is -0.352 e. The second-order valence-electron chi connectivity index (χ2n) is 6.57. The van der Waals surface area contributed by atoms with Crippen LogP contribution in [0, 0.1) is 17.8 Å². The van der Waals surface area contributed by atoms with E-state index in [-0.39, 0.29) is 17.9 Å². The first-order chi connectivity index (χ1) is 8.93. The Balaban J connectivity index is 2.44. The summed E-state index contributed by atoms with van der Waals surface area (Å²) in [5.74, 6) is 1.54. The zero-order valence-corrected chi connectivity index (χ0v) is 13.0. The van der Waals surface area contributed by atoms with Gasteiger partial charge in [0.05, 0.1) is 0 Å². The number of nitrogens with one attached hydrogen (secondary N) is 1. The first kappa shape index (κ1) is 16.4. The molecule has 19 heavy (non-hydrogen) atoms. The Morgan fingerprint density at radius 1 is 1.26 bits per heavy atom. The third-order valence-corrected chi connectivity index (χ3v) is 4.25. The second kappa shape index (κ2) is 7.85. The van der Waals surface area contributed by atoms with E-state index >= 15 is 0 Å². The quantitative estimate of drug-likeness (QED) is 0.767. The van der Waals surface area contributed by atoms with Crippen LogP contribution in [0.3, 0.4) is 0 Å². The molecule has 1 fully saturated rings. The Kier molecular flexibility index (Phi) is 6.80. The van der Waals surface area contributed by atoms with Crippen molar-refractivity contribution in [3.05, 3.63) is 0 Å². The van der Waals surface area contributed by atoms with Gasteiger partial charge in [-0.3, -0.25) is 4.79 Å². The van der Waals surface area contributed by atoms with Crippen molar-refractivity contribution in [3.8, 4) is 0 Å². The third-order valence-electron chi connectivity index (χ3n) is 4.25. The molecule has 1 saturated carbocycles. The number of hydrogen-bond donors (Lipinski definition) is 2. The molecule has 4 heteroatoms. The molecule has 4 nitrogen and oxygen atoms in total. The summed E-state index contributed by atoms with van der Waals surface area (Å²) >= 11 is 0. The van der Waals surface area contributed by atoms with Crippen LogP contribution in [-0.4, -0.2) is 44.0 Å². The Labute approximate surface area is 118 Å². The SMILES string of the molecule is CC(C)C(CN(C)C)NC(=O)C1CCC(CN)CC1. The fraction of sp³-hybridized carbons (Fsp3) is 0.933. The molecule has 1 atom stereocenters. The number of nitrogens with two attached hydrogens (primary N) is 1. The number of carbonyl (C=O) groups is 1. The van der Waals surface area contributed by atoms with Gasteiger partial charge in [0.25, 0.3) is 0 Å². The van der Waals surface area contributed by atoms with Crippen molar-refractivity contribution in [1.29, 1.82) is 0 Å². The number of rotatable bonds is 6. The van der Waals surface area contributed by atoms with Crippen LogP contribution in [0.1, 0.15) is 39.5 Å². The number of nitrogens with zero attached hydrogens (tertiary/aromatic N) is 1. The largest absolute Gasteiger partial charge is 0.352 e. The summed E-state index contributed by atoms with van der Waals surface area (Å²) in [5, 5.41) is 3.24. The van der Waals surface area contributed by atoms with Gasteiger partial charge in [-0.1, -0.05) is 13.8 Å². The predicted molar refractivity (Wildman–Crippen MR) is 79.8 cm³/mol. The van der Waals surface area contributed by atoms with Crippen molar-refractivity contribution in [3.63, 3.8) is 0 Å². The zero-order chi connectivity index (χ0) is 14.4. The van der Waals surface area contributed by atoms with Gasteiger partial charge in [0.1, 0.15) is 0 Å². The lowest BCUT2D eigenvalue weighted by atomic mass is 9.81. The molecule has 1 aliphatic carbocycles. The zero-order valence-electron chi connectivity index (χ0n) is 13.0. The monoisotopic (exact) mass is 269 g/mol. The molecular formula is C15H31N3O. The highest BCUT2D eigenvalue weighted by Crippen LogP contribution is 2.28. The number of hydrogen-bond acceptors (Lipinski definition) is 3. The lowest BCUT2D eigenvalue weighted by Crippen LogP contribution is -2.47. The second-order valence-corrected chi connectivity index (χ2v) is 6.57. The van der Waals surface area contributed by atoms with E-state index < -0.39 is 0 Å². The molecule has 1 rings (SSSR count). The van der Waals surface area contributed by atoms with Crippen molar-refractivity contribution in [2.24, 2.45) is 23.5 Å². The van der Waals surface area contributed by atoms with E-state index in [1.165, 1.54) is 0 Å². The summed E-state index contributed by atoms with van der Waals surface area (Å²) in [6.45, 7) is 6.00. The van der Waals surface area contributed by atoms with Crippen molar-refractivity contribution >= 4 is 5.91 Å². The summed E-state index contributed by atoms with van der Waals surface area (Å²) in [5.41, 5.74) is 5.69. The maximum atomic E-state index is 12.3. The highest BCUT2D eigenvalue weighted by atomic mass is 16.1. The molecule has 0 bridgehead atoms. The Morgan fingerprint density at radius 2 is 1.84 bits per heavy atom. The normalized spacial score (nSPS) is 25.6. The van der Waals surface area contributed by atoms with Gasteiger partial charge >= 0.3 is 0 Å². The fourth-order valence-corrected chi connectivity index (χ4v) is 2.78. The first-order valence-corrected chi connectivity index (χ1v) is 7.59. The summed E-state index contributed by atoms with van der Waals surface area (Å²) in [7, 11) is 4.10. The smallest absolute Gasteiger partial charge is 0.223 e.